The lowest BCUT2D eigenvalue weighted by atomic mass is 10.1. The third-order valence-electron chi connectivity index (χ3n) is 2.09. The molecule has 0 aliphatic rings. The second kappa shape index (κ2) is 5.47. The third kappa shape index (κ3) is 4.34. The quantitative estimate of drug-likeness (QED) is 0.774. The molecule has 1 rings (SSSR count). The van der Waals surface area contributed by atoms with Crippen molar-refractivity contribution >= 4 is 8.32 Å². The highest BCUT2D eigenvalue weighted by Gasteiger charge is 2.16. The van der Waals surface area contributed by atoms with E-state index in [9.17, 15) is 5.11 Å². The summed E-state index contributed by atoms with van der Waals surface area (Å²) in [7, 11) is 0.293. The Morgan fingerprint density at radius 3 is 2.25 bits per heavy atom. The number of hydrogen-bond acceptors (Lipinski definition) is 3. The van der Waals surface area contributed by atoms with Crippen LogP contribution in [0.5, 0.6) is 5.75 Å². The van der Waals surface area contributed by atoms with Crippen LogP contribution in [0, 0.1) is 0 Å². The van der Waals surface area contributed by atoms with E-state index in [4.69, 9.17) is 4.43 Å². The first kappa shape index (κ1) is 13.2. The van der Waals surface area contributed by atoms with Gasteiger partial charge in [0.15, 0.2) is 0 Å². The minimum Gasteiger partial charge on any atom is -0.544 e. The molecule has 0 heterocycles. The molecule has 2 N–H and O–H groups in total. The van der Waals surface area contributed by atoms with Crippen LogP contribution in [0.2, 0.25) is 19.6 Å². The number of hydrogen-bond donors (Lipinski definition) is 2. The molecule has 0 fully saturated rings. The van der Waals surface area contributed by atoms with E-state index >= 15 is 0 Å². The van der Waals surface area contributed by atoms with Crippen molar-refractivity contribution in [2.45, 2.75) is 25.7 Å². The molecule has 16 heavy (non-hydrogen) atoms. The molecule has 0 aliphatic carbocycles. The Morgan fingerprint density at radius 2 is 1.81 bits per heavy atom. The summed E-state index contributed by atoms with van der Waals surface area (Å²) in [5.41, 5.74) is 0.914. The number of likely N-dealkylation sites (N-methyl/N-ethyl adjacent to an activating group) is 1. The summed E-state index contributed by atoms with van der Waals surface area (Å²) in [4.78, 5) is 0. The van der Waals surface area contributed by atoms with Crippen molar-refractivity contribution in [3.8, 4) is 5.75 Å². The lowest BCUT2D eigenvalue weighted by molar-refractivity contribution is 0.178. The Kier molecular flexibility index (Phi) is 4.52. The molecule has 90 valence electrons. The first-order valence-corrected chi connectivity index (χ1v) is 8.95. The van der Waals surface area contributed by atoms with E-state index in [0.717, 1.165) is 11.3 Å². The van der Waals surface area contributed by atoms with Crippen LogP contribution in [0.25, 0.3) is 0 Å². The van der Waals surface area contributed by atoms with E-state index in [1.165, 1.54) is 0 Å². The summed E-state index contributed by atoms with van der Waals surface area (Å²) in [6.45, 7) is 7.01. The van der Waals surface area contributed by atoms with Crippen molar-refractivity contribution in [1.82, 2.24) is 5.32 Å². The summed E-state index contributed by atoms with van der Waals surface area (Å²) < 4.78 is 5.84. The Balaban J connectivity index is 2.68. The molecule has 1 unspecified atom stereocenters. The van der Waals surface area contributed by atoms with Crippen molar-refractivity contribution < 1.29 is 9.53 Å². The lowest BCUT2D eigenvalue weighted by Crippen LogP contribution is -2.29. The van der Waals surface area contributed by atoms with E-state index in [-0.39, 0.29) is 0 Å². The maximum atomic E-state index is 9.75. The lowest BCUT2D eigenvalue weighted by Gasteiger charge is -2.19. The fraction of sp³-hybridized carbons (Fsp3) is 0.500. The summed E-state index contributed by atoms with van der Waals surface area (Å²) in [6.07, 6.45) is -0.453. The highest BCUT2D eigenvalue weighted by Crippen LogP contribution is 2.19. The molecule has 0 aromatic heterocycles. The van der Waals surface area contributed by atoms with Gasteiger partial charge in [-0.3, -0.25) is 0 Å². The first-order chi connectivity index (χ1) is 7.42. The third-order valence-corrected chi connectivity index (χ3v) is 2.93. The summed E-state index contributed by atoms with van der Waals surface area (Å²) in [5, 5.41) is 12.7. The van der Waals surface area contributed by atoms with Crippen LogP contribution < -0.4 is 9.74 Å². The zero-order valence-corrected chi connectivity index (χ0v) is 11.4. The van der Waals surface area contributed by atoms with E-state index in [1.807, 2.05) is 31.3 Å². The topological polar surface area (TPSA) is 41.5 Å². The highest BCUT2D eigenvalue weighted by atomic mass is 28.4. The monoisotopic (exact) mass is 239 g/mol. The first-order valence-electron chi connectivity index (χ1n) is 5.54. The SMILES string of the molecule is CNCC(O)c1ccc(O[Si](C)(C)C)cc1. The van der Waals surface area contributed by atoms with E-state index in [1.54, 1.807) is 0 Å². The van der Waals surface area contributed by atoms with Gasteiger partial charge in [-0.2, -0.15) is 0 Å². The molecule has 0 saturated heterocycles. The normalized spacial score (nSPS) is 13.6. The van der Waals surface area contributed by atoms with Crippen LogP contribution >= 0.6 is 0 Å². The Labute approximate surface area is 98.6 Å². The van der Waals surface area contributed by atoms with Gasteiger partial charge in [0.2, 0.25) is 8.32 Å². The fourth-order valence-electron chi connectivity index (χ4n) is 1.42. The molecule has 1 atom stereocenters. The van der Waals surface area contributed by atoms with Gasteiger partial charge in [-0.1, -0.05) is 12.1 Å². The molecule has 0 radical (unpaired) electrons. The van der Waals surface area contributed by atoms with Crippen LogP contribution in [-0.4, -0.2) is 27.0 Å². The van der Waals surface area contributed by atoms with E-state index in [2.05, 4.69) is 25.0 Å². The molecule has 1 aromatic rings. The highest BCUT2D eigenvalue weighted by molar-refractivity contribution is 6.70. The maximum absolute atomic E-state index is 9.75. The minimum atomic E-state index is -1.53. The van der Waals surface area contributed by atoms with Gasteiger partial charge in [-0.05, 0) is 44.4 Å². The fourth-order valence-corrected chi connectivity index (χ4v) is 2.27. The predicted octanol–water partition coefficient (Wildman–Crippen LogP) is 2.15. The van der Waals surface area contributed by atoms with Crippen LogP contribution in [0.3, 0.4) is 0 Å². The van der Waals surface area contributed by atoms with Gasteiger partial charge in [0.05, 0.1) is 6.10 Å². The van der Waals surface area contributed by atoms with Crippen molar-refractivity contribution in [2.75, 3.05) is 13.6 Å². The molecule has 0 saturated carbocycles. The Morgan fingerprint density at radius 1 is 1.25 bits per heavy atom. The number of aliphatic hydroxyl groups excluding tert-OH is 1. The predicted molar refractivity (Wildman–Crippen MR) is 69.3 cm³/mol. The molecule has 3 nitrogen and oxygen atoms in total. The molecule has 1 aromatic carbocycles. The van der Waals surface area contributed by atoms with Crippen molar-refractivity contribution in [3.63, 3.8) is 0 Å². The van der Waals surface area contributed by atoms with Gasteiger partial charge in [-0.15, -0.1) is 0 Å². The zero-order chi connectivity index (χ0) is 12.2. The van der Waals surface area contributed by atoms with Gasteiger partial charge in [-0.25, -0.2) is 0 Å². The molecule has 0 amide bonds. The van der Waals surface area contributed by atoms with Gasteiger partial charge in [0.25, 0.3) is 0 Å². The second-order valence-electron chi connectivity index (χ2n) is 4.86. The summed E-state index contributed by atoms with van der Waals surface area (Å²) >= 11 is 0. The van der Waals surface area contributed by atoms with Gasteiger partial charge in [0, 0.05) is 6.54 Å². The molecular formula is C12H21NO2Si. The van der Waals surface area contributed by atoms with Crippen LogP contribution in [-0.2, 0) is 0 Å². The van der Waals surface area contributed by atoms with Crippen LogP contribution in [0.15, 0.2) is 24.3 Å². The molecule has 4 heteroatoms. The molecule has 0 bridgehead atoms. The van der Waals surface area contributed by atoms with E-state index in [0.29, 0.717) is 6.54 Å². The number of aliphatic hydroxyl groups is 1. The summed E-state index contributed by atoms with van der Waals surface area (Å²) in [6, 6.07) is 7.67. The van der Waals surface area contributed by atoms with Crippen LogP contribution in [0.4, 0.5) is 0 Å². The average molecular weight is 239 g/mol. The largest absolute Gasteiger partial charge is 0.544 e. The average Bonchev–Trinajstić information content (AvgIpc) is 2.16. The smallest absolute Gasteiger partial charge is 0.242 e. The molecule has 0 spiro atoms. The van der Waals surface area contributed by atoms with Crippen molar-refractivity contribution in [1.29, 1.82) is 0 Å². The molecular weight excluding hydrogens is 218 g/mol. The number of rotatable bonds is 5. The Bertz CT molecular complexity index is 319. The Hall–Kier alpha value is -0.843. The molecule has 0 aliphatic heterocycles. The van der Waals surface area contributed by atoms with Crippen molar-refractivity contribution in [2.24, 2.45) is 0 Å². The number of nitrogens with one attached hydrogen (secondary N) is 1. The van der Waals surface area contributed by atoms with Gasteiger partial charge in [0.1, 0.15) is 5.75 Å². The van der Waals surface area contributed by atoms with Crippen LogP contribution in [0.1, 0.15) is 11.7 Å². The standard InChI is InChI=1S/C12H21NO2Si/c1-13-9-12(14)10-5-7-11(8-6-10)15-16(2,3)4/h5-8,12-14H,9H2,1-4H3. The van der Waals surface area contributed by atoms with Crippen molar-refractivity contribution in [3.05, 3.63) is 29.8 Å². The van der Waals surface area contributed by atoms with Gasteiger partial charge < -0.3 is 14.8 Å². The number of benzene rings is 1. The van der Waals surface area contributed by atoms with Gasteiger partial charge >= 0.3 is 0 Å². The maximum Gasteiger partial charge on any atom is 0.242 e. The second-order valence-corrected chi connectivity index (χ2v) is 9.29. The van der Waals surface area contributed by atoms with E-state index < -0.39 is 14.4 Å². The summed E-state index contributed by atoms with van der Waals surface area (Å²) in [5.74, 6) is 0.888. The minimum absolute atomic E-state index is 0.453. The zero-order valence-electron chi connectivity index (χ0n) is 10.4.